The van der Waals surface area contributed by atoms with Crippen molar-refractivity contribution in [2.75, 3.05) is 6.54 Å². The first-order valence-electron chi connectivity index (χ1n) is 9.40. The van der Waals surface area contributed by atoms with Gasteiger partial charge in [-0.2, -0.15) is 5.10 Å². The third-order valence-corrected chi connectivity index (χ3v) is 5.24. The monoisotopic (exact) mass is 366 g/mol. The topological polar surface area (TPSA) is 51.0 Å². The minimum absolute atomic E-state index is 0.0597. The maximum absolute atomic E-state index is 13.9. The Kier molecular flexibility index (Phi) is 4.42. The number of hydrogen-bond acceptors (Lipinski definition) is 3. The number of carbonyl (C=O) groups excluding carboxylic acids is 1. The van der Waals surface area contributed by atoms with Crippen LogP contribution in [0.3, 0.4) is 0 Å². The van der Waals surface area contributed by atoms with Crippen molar-refractivity contribution in [1.29, 1.82) is 0 Å². The molecule has 1 saturated heterocycles. The van der Waals surface area contributed by atoms with Crippen molar-refractivity contribution in [1.82, 2.24) is 19.7 Å². The van der Waals surface area contributed by atoms with E-state index < -0.39 is 0 Å². The molecule has 1 fully saturated rings. The molecule has 3 aromatic rings. The summed E-state index contributed by atoms with van der Waals surface area (Å²) in [5, 5.41) is 4.93. The molecule has 6 heteroatoms. The third kappa shape index (κ3) is 3.20. The van der Waals surface area contributed by atoms with Gasteiger partial charge < -0.3 is 4.90 Å². The van der Waals surface area contributed by atoms with Crippen LogP contribution >= 0.6 is 0 Å². The Balaban J connectivity index is 1.87. The van der Waals surface area contributed by atoms with Crippen LogP contribution in [0.25, 0.3) is 22.2 Å². The molecule has 1 aromatic carbocycles. The second kappa shape index (κ2) is 6.76. The van der Waals surface area contributed by atoms with E-state index in [1.165, 1.54) is 12.1 Å². The number of benzene rings is 1. The molecule has 0 N–H and O–H groups in total. The maximum Gasteiger partial charge on any atom is 0.254 e. The van der Waals surface area contributed by atoms with Gasteiger partial charge in [0, 0.05) is 35.8 Å². The molecule has 1 aliphatic rings. The van der Waals surface area contributed by atoms with Gasteiger partial charge in [-0.05, 0) is 57.9 Å². The lowest BCUT2D eigenvalue weighted by Gasteiger charge is -2.22. The number of hydrogen-bond donors (Lipinski definition) is 0. The molecule has 27 heavy (non-hydrogen) atoms. The number of aromatic nitrogens is 3. The normalized spacial score (nSPS) is 17.2. The summed E-state index contributed by atoms with van der Waals surface area (Å²) in [7, 11) is 0. The molecule has 1 aliphatic heterocycles. The summed E-state index contributed by atoms with van der Waals surface area (Å²) in [6.07, 6.45) is 5.68. The van der Waals surface area contributed by atoms with Crippen LogP contribution < -0.4 is 0 Å². The number of pyridine rings is 1. The highest BCUT2D eigenvalue weighted by molar-refractivity contribution is 6.07. The van der Waals surface area contributed by atoms with Crippen LogP contribution in [0.2, 0.25) is 0 Å². The summed E-state index contributed by atoms with van der Waals surface area (Å²) in [5.74, 6) is -0.427. The van der Waals surface area contributed by atoms with E-state index in [4.69, 9.17) is 0 Å². The van der Waals surface area contributed by atoms with Crippen LogP contribution in [0.4, 0.5) is 4.39 Å². The first-order chi connectivity index (χ1) is 12.9. The second-order valence-corrected chi connectivity index (χ2v) is 7.51. The van der Waals surface area contributed by atoms with Crippen molar-refractivity contribution in [3.05, 3.63) is 48.0 Å². The highest BCUT2D eigenvalue weighted by atomic mass is 19.1. The lowest BCUT2D eigenvalue weighted by molar-refractivity contribution is 0.0749. The quantitative estimate of drug-likeness (QED) is 0.688. The Morgan fingerprint density at radius 1 is 1.30 bits per heavy atom. The van der Waals surface area contributed by atoms with Crippen LogP contribution in [0.15, 0.2) is 36.7 Å². The van der Waals surface area contributed by atoms with Gasteiger partial charge in [0.25, 0.3) is 5.91 Å². The van der Waals surface area contributed by atoms with Crippen molar-refractivity contribution in [2.24, 2.45) is 0 Å². The van der Waals surface area contributed by atoms with Gasteiger partial charge in [-0.1, -0.05) is 0 Å². The van der Waals surface area contributed by atoms with Gasteiger partial charge in [0.2, 0.25) is 0 Å². The predicted octanol–water partition coefficient (Wildman–Crippen LogP) is 4.44. The molecule has 1 unspecified atom stereocenters. The molecular weight excluding hydrogens is 343 g/mol. The lowest BCUT2D eigenvalue weighted by Crippen LogP contribution is -2.33. The molecule has 140 valence electrons. The minimum atomic E-state index is -0.367. The zero-order valence-electron chi connectivity index (χ0n) is 15.8. The van der Waals surface area contributed by atoms with Gasteiger partial charge in [-0.3, -0.25) is 9.48 Å². The molecule has 1 amide bonds. The molecule has 0 bridgehead atoms. The number of fused-ring (bicyclic) bond motifs is 1. The molecular formula is C21H23FN4O. The summed E-state index contributed by atoms with van der Waals surface area (Å²) < 4.78 is 15.7. The van der Waals surface area contributed by atoms with Crippen LogP contribution in [0.5, 0.6) is 0 Å². The first kappa shape index (κ1) is 17.6. The van der Waals surface area contributed by atoms with Crippen molar-refractivity contribution in [3.63, 3.8) is 0 Å². The molecule has 3 heterocycles. The number of rotatable bonds is 3. The summed E-state index contributed by atoms with van der Waals surface area (Å²) >= 11 is 0. The van der Waals surface area contributed by atoms with Crippen LogP contribution in [-0.4, -0.2) is 38.2 Å². The fourth-order valence-electron chi connectivity index (χ4n) is 3.67. The van der Waals surface area contributed by atoms with E-state index in [2.05, 4.69) is 30.9 Å². The highest BCUT2D eigenvalue weighted by Gasteiger charge is 2.28. The zero-order chi connectivity index (χ0) is 19.1. The van der Waals surface area contributed by atoms with Crippen molar-refractivity contribution >= 4 is 16.8 Å². The summed E-state index contributed by atoms with van der Waals surface area (Å²) in [6, 6.07) is 6.62. The molecule has 0 spiro atoms. The Morgan fingerprint density at radius 3 is 2.78 bits per heavy atom. The molecule has 2 aromatic heterocycles. The van der Waals surface area contributed by atoms with E-state index in [0.717, 1.165) is 24.9 Å². The van der Waals surface area contributed by atoms with Crippen LogP contribution in [0.1, 0.15) is 50.0 Å². The number of halogens is 1. The zero-order valence-corrected chi connectivity index (χ0v) is 15.8. The van der Waals surface area contributed by atoms with Crippen molar-refractivity contribution < 1.29 is 9.18 Å². The standard InChI is InChI=1S/C21H23FN4O/c1-13(2)26-12-15(11-23-26)20-10-18(21(27)25-8-4-5-14(25)3)17-9-16(22)6-7-19(17)24-20/h6-7,9-14H,4-5,8H2,1-3H3. The molecule has 0 aliphatic carbocycles. The number of amides is 1. The summed E-state index contributed by atoms with van der Waals surface area (Å²) in [4.78, 5) is 19.8. The van der Waals surface area contributed by atoms with Crippen LogP contribution in [-0.2, 0) is 0 Å². The predicted molar refractivity (Wildman–Crippen MR) is 103 cm³/mol. The molecule has 1 atom stereocenters. The Bertz CT molecular complexity index is 1010. The summed E-state index contributed by atoms with van der Waals surface area (Å²) in [6.45, 7) is 6.90. The lowest BCUT2D eigenvalue weighted by atomic mass is 10.0. The Labute approximate surface area is 157 Å². The van der Waals surface area contributed by atoms with Crippen molar-refractivity contribution in [3.8, 4) is 11.3 Å². The number of likely N-dealkylation sites (tertiary alicyclic amines) is 1. The van der Waals surface area contributed by atoms with Crippen molar-refractivity contribution in [2.45, 2.75) is 45.7 Å². The van der Waals surface area contributed by atoms with E-state index in [1.54, 1.807) is 18.3 Å². The molecule has 4 rings (SSSR count). The average molecular weight is 366 g/mol. The summed E-state index contributed by atoms with van der Waals surface area (Å²) in [5.41, 5.74) is 2.64. The average Bonchev–Trinajstić information content (AvgIpc) is 3.29. The smallest absolute Gasteiger partial charge is 0.254 e. The van der Waals surface area contributed by atoms with E-state index in [9.17, 15) is 9.18 Å². The Hall–Kier alpha value is -2.76. The van der Waals surface area contributed by atoms with Gasteiger partial charge in [-0.25, -0.2) is 9.37 Å². The highest BCUT2D eigenvalue weighted by Crippen LogP contribution is 2.29. The maximum atomic E-state index is 13.9. The van der Waals surface area contributed by atoms with Gasteiger partial charge in [0.05, 0.1) is 23.0 Å². The molecule has 0 radical (unpaired) electrons. The largest absolute Gasteiger partial charge is 0.336 e. The SMILES string of the molecule is CC1CCCN1C(=O)c1cc(-c2cnn(C(C)C)c2)nc2ccc(F)cc12. The van der Waals surface area contributed by atoms with Crippen LogP contribution in [0, 0.1) is 5.82 Å². The van der Waals surface area contributed by atoms with Gasteiger partial charge >= 0.3 is 0 Å². The second-order valence-electron chi connectivity index (χ2n) is 7.51. The van der Waals surface area contributed by atoms with E-state index in [0.29, 0.717) is 22.2 Å². The minimum Gasteiger partial charge on any atom is -0.336 e. The number of nitrogens with zero attached hydrogens (tertiary/aromatic N) is 4. The fraction of sp³-hybridized carbons (Fsp3) is 0.381. The Morgan fingerprint density at radius 2 is 2.11 bits per heavy atom. The third-order valence-electron chi connectivity index (χ3n) is 5.24. The van der Waals surface area contributed by atoms with E-state index in [1.807, 2.05) is 15.8 Å². The molecule has 5 nitrogen and oxygen atoms in total. The van der Waals surface area contributed by atoms with E-state index >= 15 is 0 Å². The molecule has 0 saturated carbocycles. The fourth-order valence-corrected chi connectivity index (χ4v) is 3.67. The number of carbonyl (C=O) groups is 1. The van der Waals surface area contributed by atoms with E-state index in [-0.39, 0.29) is 23.8 Å². The van der Waals surface area contributed by atoms with Gasteiger partial charge in [0.1, 0.15) is 5.82 Å². The first-order valence-corrected chi connectivity index (χ1v) is 9.40. The van der Waals surface area contributed by atoms with Gasteiger partial charge in [0.15, 0.2) is 0 Å². The van der Waals surface area contributed by atoms with Gasteiger partial charge in [-0.15, -0.1) is 0 Å².